The monoisotopic (exact) mass is 153 g/mol. The van der Waals surface area contributed by atoms with E-state index < -0.39 is 5.97 Å². The fourth-order valence-corrected chi connectivity index (χ4v) is 1.15. The quantitative estimate of drug-likeness (QED) is 0.629. The molecule has 1 heterocycles. The zero-order valence-corrected chi connectivity index (χ0v) is 5.89. The van der Waals surface area contributed by atoms with Crippen molar-refractivity contribution in [1.82, 2.24) is 4.98 Å². The molecule has 0 aromatic carbocycles. The van der Waals surface area contributed by atoms with Crippen molar-refractivity contribution in [3.05, 3.63) is 16.1 Å². The van der Waals surface area contributed by atoms with E-state index in [0.29, 0.717) is 11.3 Å². The maximum Gasteiger partial charge on any atom is 0.355 e. The zero-order valence-electron chi connectivity index (χ0n) is 5.07. The molecule has 0 amide bonds. The van der Waals surface area contributed by atoms with Crippen molar-refractivity contribution in [2.45, 2.75) is 6.32 Å². The van der Waals surface area contributed by atoms with Crippen LogP contribution in [-0.2, 0) is 6.32 Å². The molecular weight excluding hydrogens is 149 g/mol. The summed E-state index contributed by atoms with van der Waals surface area (Å²) in [7, 11) is 5.22. The number of thiazole rings is 1. The maximum absolute atomic E-state index is 10.2. The smallest absolute Gasteiger partial charge is 0.355 e. The lowest BCUT2D eigenvalue weighted by molar-refractivity contribution is 0.0691. The van der Waals surface area contributed by atoms with E-state index >= 15 is 0 Å². The second kappa shape index (κ2) is 2.83. The van der Waals surface area contributed by atoms with Gasteiger partial charge in [0.2, 0.25) is 0 Å². The van der Waals surface area contributed by atoms with E-state index in [-0.39, 0.29) is 5.69 Å². The Labute approximate surface area is 63.1 Å². The molecule has 0 bridgehead atoms. The molecule has 0 unspecified atom stereocenters. The second-order valence-electron chi connectivity index (χ2n) is 1.64. The average molecular weight is 153 g/mol. The molecule has 0 aliphatic rings. The third-order valence-corrected chi connectivity index (χ3v) is 1.82. The van der Waals surface area contributed by atoms with Crippen molar-refractivity contribution in [3.8, 4) is 0 Å². The number of nitrogens with zero attached hydrogens (tertiary/aromatic N) is 1. The minimum absolute atomic E-state index is 0.0745. The molecule has 2 radical (unpaired) electrons. The van der Waals surface area contributed by atoms with Gasteiger partial charge in [0.1, 0.15) is 0 Å². The number of carboxylic acids is 1. The number of aromatic carboxylic acids is 1. The normalized spacial score (nSPS) is 9.60. The Morgan fingerprint density at radius 1 is 1.90 bits per heavy atom. The van der Waals surface area contributed by atoms with Crippen LogP contribution in [0.3, 0.4) is 0 Å². The second-order valence-corrected chi connectivity index (χ2v) is 2.58. The molecule has 1 N–H and O–H groups in total. The Bertz CT molecular complexity index is 248. The van der Waals surface area contributed by atoms with Gasteiger partial charge >= 0.3 is 5.97 Å². The van der Waals surface area contributed by atoms with E-state index in [4.69, 9.17) is 13.0 Å². The highest BCUT2D eigenvalue weighted by molar-refractivity contribution is 7.10. The fourth-order valence-electron chi connectivity index (χ4n) is 0.503. The Morgan fingerprint density at radius 2 is 2.60 bits per heavy atom. The lowest BCUT2D eigenvalue weighted by Crippen LogP contribution is -1.96. The third kappa shape index (κ3) is 1.36. The number of hydrogen-bond acceptors (Lipinski definition) is 3. The molecule has 0 aliphatic heterocycles. The highest BCUT2D eigenvalue weighted by Gasteiger charge is 2.05. The molecule has 1 aromatic rings. The zero-order chi connectivity index (χ0) is 7.56. The van der Waals surface area contributed by atoms with Crippen molar-refractivity contribution in [2.75, 3.05) is 0 Å². The maximum atomic E-state index is 10.2. The van der Waals surface area contributed by atoms with Crippen LogP contribution in [0.5, 0.6) is 0 Å². The van der Waals surface area contributed by atoms with Gasteiger partial charge in [-0.25, -0.2) is 9.78 Å². The molecule has 5 heteroatoms. The van der Waals surface area contributed by atoms with Crippen LogP contribution >= 0.6 is 11.3 Å². The summed E-state index contributed by atoms with van der Waals surface area (Å²) in [5.41, 5.74) is 0.0745. The number of carbonyl (C=O) groups is 1. The molecule has 1 rings (SSSR count). The summed E-state index contributed by atoms with van der Waals surface area (Å²) < 4.78 is 0. The Balaban J connectivity index is 2.88. The first-order valence-electron chi connectivity index (χ1n) is 2.62. The molecule has 1 aromatic heterocycles. The Kier molecular flexibility index (Phi) is 2.06. The van der Waals surface area contributed by atoms with E-state index in [1.54, 1.807) is 0 Å². The standard InChI is InChI=1S/C5H4BNO2S/c6-1-4-7-3(2-10-4)5(8)9/h2H,1H2,(H,8,9). The predicted octanol–water partition coefficient (Wildman–Crippen LogP) is 0.510. The van der Waals surface area contributed by atoms with E-state index in [1.165, 1.54) is 16.7 Å². The van der Waals surface area contributed by atoms with Crippen LogP contribution in [0.25, 0.3) is 0 Å². The van der Waals surface area contributed by atoms with Crippen molar-refractivity contribution < 1.29 is 9.90 Å². The molecule has 0 aliphatic carbocycles. The minimum atomic E-state index is -1.00. The summed E-state index contributed by atoms with van der Waals surface area (Å²) in [6.07, 6.45) is 0.304. The lowest BCUT2D eigenvalue weighted by Gasteiger charge is -1.82. The molecule has 0 saturated heterocycles. The highest BCUT2D eigenvalue weighted by atomic mass is 32.1. The number of hydrogen-bond donors (Lipinski definition) is 1. The number of rotatable bonds is 2. The van der Waals surface area contributed by atoms with Gasteiger partial charge < -0.3 is 5.11 Å². The highest BCUT2D eigenvalue weighted by Crippen LogP contribution is 2.08. The first-order chi connectivity index (χ1) is 4.74. The molecule has 10 heavy (non-hydrogen) atoms. The van der Waals surface area contributed by atoms with Crippen LogP contribution < -0.4 is 0 Å². The van der Waals surface area contributed by atoms with E-state index in [2.05, 4.69) is 4.98 Å². The summed E-state index contributed by atoms with van der Waals surface area (Å²) in [6.45, 7) is 0. The van der Waals surface area contributed by atoms with E-state index in [9.17, 15) is 4.79 Å². The summed E-state index contributed by atoms with van der Waals surface area (Å²) >= 11 is 1.26. The van der Waals surface area contributed by atoms with Gasteiger partial charge in [0, 0.05) is 5.38 Å². The first-order valence-corrected chi connectivity index (χ1v) is 3.49. The fraction of sp³-hybridized carbons (Fsp3) is 0.200. The van der Waals surface area contributed by atoms with Gasteiger partial charge in [-0.2, -0.15) is 0 Å². The van der Waals surface area contributed by atoms with Crippen LogP contribution in [0.1, 0.15) is 15.5 Å². The molecule has 3 nitrogen and oxygen atoms in total. The Hall–Kier alpha value is -0.835. The van der Waals surface area contributed by atoms with Crippen molar-refractivity contribution in [3.63, 3.8) is 0 Å². The minimum Gasteiger partial charge on any atom is -0.476 e. The molecular formula is C5H4BNO2S. The lowest BCUT2D eigenvalue weighted by atomic mass is 10.1. The van der Waals surface area contributed by atoms with Crippen molar-refractivity contribution >= 4 is 25.2 Å². The Morgan fingerprint density at radius 3 is 2.90 bits per heavy atom. The summed E-state index contributed by atoms with van der Waals surface area (Å²) in [5, 5.41) is 10.5. The summed E-state index contributed by atoms with van der Waals surface area (Å²) in [6, 6.07) is 0. The molecule has 0 fully saturated rings. The number of aromatic nitrogens is 1. The van der Waals surface area contributed by atoms with Gasteiger partial charge in [-0.05, 0) is 6.32 Å². The van der Waals surface area contributed by atoms with Crippen LogP contribution in [0.15, 0.2) is 5.38 Å². The van der Waals surface area contributed by atoms with Gasteiger partial charge in [-0.1, -0.05) is 0 Å². The third-order valence-electron chi connectivity index (χ3n) is 0.945. The largest absolute Gasteiger partial charge is 0.476 e. The van der Waals surface area contributed by atoms with Gasteiger partial charge in [0.15, 0.2) is 5.69 Å². The predicted molar refractivity (Wildman–Crippen MR) is 38.5 cm³/mol. The van der Waals surface area contributed by atoms with Crippen LogP contribution in [-0.4, -0.2) is 23.9 Å². The number of carboxylic acid groups (broad SMARTS) is 1. The van der Waals surface area contributed by atoms with Gasteiger partial charge in [-0.3, -0.25) is 0 Å². The molecule has 0 saturated carbocycles. The van der Waals surface area contributed by atoms with Gasteiger partial charge in [0.25, 0.3) is 0 Å². The van der Waals surface area contributed by atoms with Crippen molar-refractivity contribution in [1.29, 1.82) is 0 Å². The van der Waals surface area contributed by atoms with Crippen LogP contribution in [0.2, 0.25) is 0 Å². The van der Waals surface area contributed by atoms with Gasteiger partial charge in [0.05, 0.1) is 12.9 Å². The van der Waals surface area contributed by atoms with Crippen LogP contribution in [0.4, 0.5) is 0 Å². The van der Waals surface area contributed by atoms with Crippen LogP contribution in [0, 0.1) is 0 Å². The SMILES string of the molecule is [B]Cc1nc(C(=O)O)cs1. The van der Waals surface area contributed by atoms with Crippen molar-refractivity contribution in [2.24, 2.45) is 0 Å². The summed E-state index contributed by atoms with van der Waals surface area (Å²) in [4.78, 5) is 14.0. The molecule has 0 atom stereocenters. The topological polar surface area (TPSA) is 50.2 Å². The molecule has 0 spiro atoms. The summed E-state index contributed by atoms with van der Waals surface area (Å²) in [5.74, 6) is -1.00. The van der Waals surface area contributed by atoms with E-state index in [0.717, 1.165) is 0 Å². The van der Waals surface area contributed by atoms with Gasteiger partial charge in [-0.15, -0.1) is 11.3 Å². The average Bonchev–Trinajstić information content (AvgIpc) is 2.34. The first kappa shape index (κ1) is 7.27. The molecule has 50 valence electrons. The van der Waals surface area contributed by atoms with E-state index in [1.807, 2.05) is 0 Å².